The van der Waals surface area contributed by atoms with Gasteiger partial charge in [0.2, 0.25) is 11.6 Å². The van der Waals surface area contributed by atoms with Crippen molar-refractivity contribution in [2.45, 2.75) is 77.9 Å². The number of ketones is 2. The molecule has 27 heavy (non-hydrogen) atoms. The zero-order valence-corrected chi connectivity index (χ0v) is 17.9. The van der Waals surface area contributed by atoms with Crippen molar-refractivity contribution in [3.8, 4) is 0 Å². The molecule has 0 heterocycles. The first kappa shape index (κ1) is 19.4. The van der Waals surface area contributed by atoms with Gasteiger partial charge in [-0.15, -0.1) is 0 Å². The second kappa shape index (κ2) is 6.57. The summed E-state index contributed by atoms with van der Waals surface area (Å²) in [6.07, 6.45) is 8.92. The number of allylic oxidation sites excluding steroid dienone is 2. The molecular formula is C23H32O3S. The number of thioether (sulfide) groups is 1. The Kier molecular flexibility index (Phi) is 4.73. The van der Waals surface area contributed by atoms with E-state index in [1.165, 1.54) is 31.0 Å². The van der Waals surface area contributed by atoms with Crippen molar-refractivity contribution in [2.75, 3.05) is 0 Å². The van der Waals surface area contributed by atoms with Crippen LogP contribution in [0.15, 0.2) is 11.6 Å². The van der Waals surface area contributed by atoms with Crippen LogP contribution >= 0.6 is 11.8 Å². The maximum Gasteiger partial charge on any atom is 0.208 e. The fourth-order valence-corrected chi connectivity index (χ4v) is 8.74. The lowest BCUT2D eigenvalue weighted by Gasteiger charge is -2.59. The highest BCUT2D eigenvalue weighted by Crippen LogP contribution is 2.67. The standard InChI is InChI=1S/C23H32O3S/c1-5-14-6-8-16-20-17(10-11-22(14,16)3)23(4)15(7-9-18(25)21(23)26)12-19(20)27-13(2)24/h7,14,16-17,19-20H,5-6,8-12H2,1-4H3/t14-,16-,17-,19+,20-,22+,23-/m0/s1. The second-order valence-electron chi connectivity index (χ2n) is 9.76. The molecule has 4 aliphatic rings. The molecule has 0 aromatic heterocycles. The first-order chi connectivity index (χ1) is 12.7. The topological polar surface area (TPSA) is 51.2 Å². The lowest BCUT2D eigenvalue weighted by Crippen LogP contribution is -2.58. The normalized spacial score (nSPS) is 46.4. The number of hydrogen-bond acceptors (Lipinski definition) is 4. The summed E-state index contributed by atoms with van der Waals surface area (Å²) in [5.41, 5.74) is 0.838. The van der Waals surface area contributed by atoms with Crippen molar-refractivity contribution >= 4 is 28.4 Å². The average Bonchev–Trinajstić information content (AvgIpc) is 2.96. The van der Waals surface area contributed by atoms with Gasteiger partial charge in [0.25, 0.3) is 0 Å². The summed E-state index contributed by atoms with van der Waals surface area (Å²) in [5, 5.41) is 0.437. The van der Waals surface area contributed by atoms with Crippen LogP contribution in [-0.2, 0) is 14.4 Å². The molecule has 4 heteroatoms. The third kappa shape index (κ3) is 2.65. The minimum atomic E-state index is -0.626. The van der Waals surface area contributed by atoms with Crippen LogP contribution in [0.1, 0.15) is 72.6 Å². The van der Waals surface area contributed by atoms with Gasteiger partial charge in [-0.05, 0) is 68.1 Å². The van der Waals surface area contributed by atoms with Gasteiger partial charge in [0.15, 0.2) is 5.12 Å². The highest BCUT2D eigenvalue weighted by Gasteiger charge is 2.63. The molecule has 0 aliphatic heterocycles. The van der Waals surface area contributed by atoms with Gasteiger partial charge in [-0.2, -0.15) is 0 Å². The highest BCUT2D eigenvalue weighted by atomic mass is 32.2. The fraction of sp³-hybridized carbons (Fsp3) is 0.783. The Hall–Kier alpha value is -0.900. The quantitative estimate of drug-likeness (QED) is 0.494. The van der Waals surface area contributed by atoms with Crippen LogP contribution in [0.25, 0.3) is 0 Å². The van der Waals surface area contributed by atoms with Crippen molar-refractivity contribution in [3.05, 3.63) is 11.6 Å². The number of rotatable bonds is 2. The number of carbonyl (C=O) groups excluding carboxylic acids is 3. The van der Waals surface area contributed by atoms with Crippen molar-refractivity contribution < 1.29 is 14.4 Å². The summed E-state index contributed by atoms with van der Waals surface area (Å²) in [4.78, 5) is 37.5. The summed E-state index contributed by atoms with van der Waals surface area (Å²) >= 11 is 1.50. The van der Waals surface area contributed by atoms with Crippen molar-refractivity contribution in [1.82, 2.24) is 0 Å². The maximum atomic E-state index is 13.1. The zero-order valence-electron chi connectivity index (χ0n) is 17.0. The van der Waals surface area contributed by atoms with Crippen LogP contribution in [-0.4, -0.2) is 21.9 Å². The van der Waals surface area contributed by atoms with E-state index in [1.54, 1.807) is 6.92 Å². The molecule has 0 aromatic carbocycles. The summed E-state index contributed by atoms with van der Waals surface area (Å²) < 4.78 is 0. The van der Waals surface area contributed by atoms with Crippen LogP contribution in [0.4, 0.5) is 0 Å². The van der Waals surface area contributed by atoms with Crippen LogP contribution in [0.5, 0.6) is 0 Å². The number of carbonyl (C=O) groups is 3. The van der Waals surface area contributed by atoms with E-state index < -0.39 is 5.41 Å². The first-order valence-electron chi connectivity index (χ1n) is 10.7. The molecule has 0 aromatic rings. The first-order valence-corrected chi connectivity index (χ1v) is 11.6. The van der Waals surface area contributed by atoms with Gasteiger partial charge in [-0.1, -0.05) is 43.7 Å². The van der Waals surface area contributed by atoms with E-state index >= 15 is 0 Å². The van der Waals surface area contributed by atoms with E-state index in [0.29, 0.717) is 17.3 Å². The Morgan fingerprint density at radius 3 is 2.59 bits per heavy atom. The van der Waals surface area contributed by atoms with Gasteiger partial charge in [0.05, 0.1) is 5.41 Å². The van der Waals surface area contributed by atoms with Gasteiger partial charge in [-0.25, -0.2) is 0 Å². The Morgan fingerprint density at radius 1 is 1.19 bits per heavy atom. The number of hydrogen-bond donors (Lipinski definition) is 0. The van der Waals surface area contributed by atoms with E-state index in [4.69, 9.17) is 0 Å². The molecule has 0 spiro atoms. The molecule has 3 saturated carbocycles. The van der Waals surface area contributed by atoms with Gasteiger partial charge >= 0.3 is 0 Å². The Morgan fingerprint density at radius 2 is 1.93 bits per heavy atom. The van der Waals surface area contributed by atoms with Crippen molar-refractivity contribution in [2.24, 2.45) is 34.5 Å². The summed E-state index contributed by atoms with van der Waals surface area (Å²) in [5.74, 6) is 1.52. The minimum absolute atomic E-state index is 0.157. The molecule has 4 rings (SSSR count). The molecule has 3 fully saturated rings. The van der Waals surface area contributed by atoms with Crippen molar-refractivity contribution in [3.63, 3.8) is 0 Å². The third-order valence-electron chi connectivity index (χ3n) is 8.86. The average molecular weight is 389 g/mol. The highest BCUT2D eigenvalue weighted by molar-refractivity contribution is 8.14. The molecule has 0 unspecified atom stereocenters. The van der Waals surface area contributed by atoms with Gasteiger partial charge in [0, 0.05) is 18.6 Å². The minimum Gasteiger partial charge on any atom is -0.291 e. The Labute approximate surface area is 167 Å². The lowest BCUT2D eigenvalue weighted by atomic mass is 9.46. The molecule has 0 N–H and O–H groups in total. The monoisotopic (exact) mass is 388 g/mol. The van der Waals surface area contributed by atoms with E-state index in [1.807, 2.05) is 13.0 Å². The van der Waals surface area contributed by atoms with Gasteiger partial charge < -0.3 is 0 Å². The fourth-order valence-electron chi connectivity index (χ4n) is 7.51. The third-order valence-corrected chi connectivity index (χ3v) is 9.97. The van der Waals surface area contributed by atoms with Crippen molar-refractivity contribution in [1.29, 1.82) is 0 Å². The van der Waals surface area contributed by atoms with E-state index in [2.05, 4.69) is 13.8 Å². The molecule has 0 saturated heterocycles. The summed E-state index contributed by atoms with van der Waals surface area (Å²) in [6, 6.07) is 0. The molecule has 3 nitrogen and oxygen atoms in total. The molecule has 7 atom stereocenters. The number of Topliss-reactive ketones (excluding diaryl/α,β-unsaturated/α-hetero) is 2. The maximum absolute atomic E-state index is 13.1. The predicted molar refractivity (Wildman–Crippen MR) is 108 cm³/mol. The van der Waals surface area contributed by atoms with Crippen LogP contribution in [0.3, 0.4) is 0 Å². The predicted octanol–water partition coefficient (Wildman–Crippen LogP) is 4.98. The molecule has 0 bridgehead atoms. The van der Waals surface area contributed by atoms with E-state index in [-0.39, 0.29) is 34.3 Å². The molecule has 4 aliphatic carbocycles. The largest absolute Gasteiger partial charge is 0.291 e. The molecular weight excluding hydrogens is 356 g/mol. The Bertz CT molecular complexity index is 725. The van der Waals surface area contributed by atoms with Gasteiger partial charge in [-0.3, -0.25) is 14.4 Å². The molecule has 0 radical (unpaired) electrons. The summed E-state index contributed by atoms with van der Waals surface area (Å²) in [6.45, 7) is 8.48. The second-order valence-corrected chi connectivity index (χ2v) is 11.2. The van der Waals surface area contributed by atoms with E-state index in [0.717, 1.165) is 30.8 Å². The molecule has 148 valence electrons. The van der Waals surface area contributed by atoms with Crippen LogP contribution < -0.4 is 0 Å². The number of fused-ring (bicyclic) bond motifs is 5. The SMILES string of the molecule is CC[C@H]1CC[C@H]2[C@@H]3[C@H](SC(C)=O)CC4=CCC(=O)C(=O)[C@]4(C)[C@H]3CC[C@]12C. The van der Waals surface area contributed by atoms with E-state index in [9.17, 15) is 14.4 Å². The van der Waals surface area contributed by atoms with Gasteiger partial charge in [0.1, 0.15) is 0 Å². The van der Waals surface area contributed by atoms with Crippen LogP contribution in [0, 0.1) is 34.5 Å². The zero-order chi connectivity index (χ0) is 19.6. The molecule has 0 amide bonds. The van der Waals surface area contributed by atoms with Crippen LogP contribution in [0.2, 0.25) is 0 Å². The lowest BCUT2D eigenvalue weighted by molar-refractivity contribution is -0.148. The summed E-state index contributed by atoms with van der Waals surface area (Å²) in [7, 11) is 0. The smallest absolute Gasteiger partial charge is 0.208 e. The Balaban J connectivity index is 1.79.